The van der Waals surface area contributed by atoms with Gasteiger partial charge in [-0.05, 0) is 23.4 Å². The molecule has 0 saturated heterocycles. The van der Waals surface area contributed by atoms with Crippen molar-refractivity contribution in [1.82, 2.24) is 4.67 Å². The molecule has 1 heterocycles. The molecule has 1 rings (SSSR count). The fourth-order valence-electron chi connectivity index (χ4n) is 0.769. The Morgan fingerprint density at radius 2 is 2.30 bits per heavy atom. The third-order valence-electron chi connectivity index (χ3n) is 1.41. The van der Waals surface area contributed by atoms with E-state index in [1.165, 1.54) is 6.42 Å². The third-order valence-corrected chi connectivity index (χ3v) is 1.41. The summed E-state index contributed by atoms with van der Waals surface area (Å²) >= 11 is 0. The van der Waals surface area contributed by atoms with Crippen LogP contribution in [0.25, 0.3) is 0 Å². The van der Waals surface area contributed by atoms with Gasteiger partial charge < -0.3 is 4.74 Å². The Labute approximate surface area is 61.6 Å². The normalized spacial score (nSPS) is 13.7. The van der Waals surface area contributed by atoms with Crippen LogP contribution >= 0.6 is 0 Å². The van der Waals surface area contributed by atoms with Gasteiger partial charge >= 0.3 is 12.1 Å². The maximum Gasteiger partial charge on any atom is 0.571 e. The fraction of sp³-hybridized carbons (Fsp3) is 0.750. The molecule has 2 nitrogen and oxygen atoms in total. The zero-order valence-corrected chi connectivity index (χ0v) is 6.63. The minimum absolute atomic E-state index is 0.786. The highest BCUT2D eigenvalue weighted by Crippen LogP contribution is 2.02. The molecule has 0 saturated carbocycles. The van der Waals surface area contributed by atoms with E-state index in [2.05, 4.69) is 18.5 Å². The lowest BCUT2D eigenvalue weighted by Gasteiger charge is -2.00. The standard InChI is InChI=1S/C8H14NO/c1-7(2)4-3-5-10-8-6-9-8/h6-7H,3-5H2,1-2H3/q+1. The second-order valence-electron chi connectivity index (χ2n) is 2.98. The molecule has 1 aliphatic heterocycles. The topological polar surface area (TPSA) is 23.3 Å². The maximum absolute atomic E-state index is 5.20. The van der Waals surface area contributed by atoms with Gasteiger partial charge in [0.05, 0.1) is 6.61 Å². The largest absolute Gasteiger partial charge is 0.571 e. The molecule has 0 atom stereocenters. The smallest absolute Gasteiger partial charge is 0.426 e. The van der Waals surface area contributed by atoms with Gasteiger partial charge in [0, 0.05) is 0 Å². The van der Waals surface area contributed by atoms with Crippen molar-refractivity contribution in [3.05, 3.63) is 0 Å². The van der Waals surface area contributed by atoms with E-state index >= 15 is 0 Å². The summed E-state index contributed by atoms with van der Waals surface area (Å²) in [5.74, 6) is 1.61. The van der Waals surface area contributed by atoms with Crippen LogP contribution in [0.4, 0.5) is 0 Å². The molecule has 10 heavy (non-hydrogen) atoms. The van der Waals surface area contributed by atoms with Crippen LogP contribution in [0.3, 0.4) is 0 Å². The van der Waals surface area contributed by atoms with Crippen LogP contribution in [-0.2, 0) is 4.74 Å². The Morgan fingerprint density at radius 1 is 1.60 bits per heavy atom. The molecule has 0 unspecified atom stereocenters. The van der Waals surface area contributed by atoms with E-state index in [4.69, 9.17) is 4.74 Å². The Bertz CT molecular complexity index is 166. The first-order chi connectivity index (χ1) is 4.79. The Morgan fingerprint density at radius 3 is 2.80 bits per heavy atom. The summed E-state index contributed by atoms with van der Waals surface area (Å²) in [4.78, 5) is 0. The Balaban J connectivity index is 1.81. The highest BCUT2D eigenvalue weighted by Gasteiger charge is 2.24. The van der Waals surface area contributed by atoms with Crippen molar-refractivity contribution in [3.8, 4) is 0 Å². The van der Waals surface area contributed by atoms with Gasteiger partial charge in [-0.25, -0.2) is 0 Å². The summed E-state index contributed by atoms with van der Waals surface area (Å²) in [7, 11) is 0. The minimum Gasteiger partial charge on any atom is -0.426 e. The van der Waals surface area contributed by atoms with E-state index in [1.807, 2.05) is 0 Å². The van der Waals surface area contributed by atoms with E-state index in [1.54, 1.807) is 6.21 Å². The lowest BCUT2D eigenvalue weighted by molar-refractivity contribution is 0.295. The molecule has 0 radical (unpaired) electrons. The van der Waals surface area contributed by atoms with Crippen molar-refractivity contribution >= 4 is 12.1 Å². The van der Waals surface area contributed by atoms with E-state index in [0.717, 1.165) is 24.8 Å². The molecule has 0 N–H and O–H groups in total. The first-order valence-corrected chi connectivity index (χ1v) is 3.83. The fourth-order valence-corrected chi connectivity index (χ4v) is 0.769. The molecule has 2 heteroatoms. The molecule has 1 aliphatic rings. The first kappa shape index (κ1) is 7.36. The third kappa shape index (κ3) is 3.31. The minimum atomic E-state index is 0.786. The number of hydrogen-bond acceptors (Lipinski definition) is 1. The average Bonchev–Trinajstić information content (AvgIpc) is 2.62. The molecule has 56 valence electrons. The maximum atomic E-state index is 5.20. The summed E-state index contributed by atoms with van der Waals surface area (Å²) in [6.07, 6.45) is 4.13. The lowest BCUT2D eigenvalue weighted by atomic mass is 10.1. The van der Waals surface area contributed by atoms with E-state index in [9.17, 15) is 0 Å². The van der Waals surface area contributed by atoms with Gasteiger partial charge in [-0.15, -0.1) is 0 Å². The number of hydrogen-bond donors (Lipinski definition) is 0. The summed E-state index contributed by atoms with van der Waals surface area (Å²) in [6, 6.07) is 0. The zero-order valence-electron chi connectivity index (χ0n) is 6.63. The molecule has 0 aliphatic carbocycles. The van der Waals surface area contributed by atoms with Crippen LogP contribution in [0.5, 0.6) is 0 Å². The molecule has 0 spiro atoms. The second kappa shape index (κ2) is 3.43. The second-order valence-corrected chi connectivity index (χ2v) is 2.98. The van der Waals surface area contributed by atoms with Crippen molar-refractivity contribution in [1.29, 1.82) is 0 Å². The van der Waals surface area contributed by atoms with Crippen LogP contribution in [0, 0.1) is 5.92 Å². The molecule has 0 fully saturated rings. The van der Waals surface area contributed by atoms with E-state index < -0.39 is 0 Å². The van der Waals surface area contributed by atoms with Crippen LogP contribution in [-0.4, -0.2) is 18.7 Å². The van der Waals surface area contributed by atoms with Crippen molar-refractivity contribution in [2.24, 2.45) is 5.92 Å². The lowest BCUT2D eigenvalue weighted by Crippen LogP contribution is -1.99. The average molecular weight is 140 g/mol. The Hall–Kier alpha value is -0.750. The van der Waals surface area contributed by atoms with E-state index in [0.29, 0.717) is 0 Å². The van der Waals surface area contributed by atoms with Gasteiger partial charge in [0.2, 0.25) is 0 Å². The molecule has 0 amide bonds. The number of rotatable bonds is 4. The Kier molecular flexibility index (Phi) is 2.52. The number of ether oxygens (including phenoxy) is 1. The summed E-state index contributed by atoms with van der Waals surface area (Å²) in [6.45, 7) is 5.27. The predicted octanol–water partition coefficient (Wildman–Crippen LogP) is 0.989. The van der Waals surface area contributed by atoms with Crippen LogP contribution < -0.4 is 4.67 Å². The molecule has 0 aromatic rings. The van der Waals surface area contributed by atoms with Crippen LogP contribution in [0.15, 0.2) is 0 Å². The van der Waals surface area contributed by atoms with Crippen molar-refractivity contribution in [3.63, 3.8) is 0 Å². The monoisotopic (exact) mass is 140 g/mol. The van der Waals surface area contributed by atoms with Crippen molar-refractivity contribution in [2.45, 2.75) is 26.7 Å². The van der Waals surface area contributed by atoms with Gasteiger partial charge in [0.1, 0.15) is 0 Å². The van der Waals surface area contributed by atoms with E-state index in [-0.39, 0.29) is 0 Å². The predicted molar refractivity (Wildman–Crippen MR) is 43.2 cm³/mol. The highest BCUT2D eigenvalue weighted by molar-refractivity contribution is 6.35. The van der Waals surface area contributed by atoms with Crippen LogP contribution in [0.1, 0.15) is 26.7 Å². The van der Waals surface area contributed by atoms with Gasteiger partial charge in [-0.3, -0.25) is 0 Å². The summed E-state index contributed by atoms with van der Waals surface area (Å²) in [5, 5.41) is 0. The quantitative estimate of drug-likeness (QED) is 0.422. The molecule has 0 aromatic carbocycles. The highest BCUT2D eigenvalue weighted by atomic mass is 16.5. The SMILES string of the molecule is CC(C)CCCOC1=[N+]=C1. The zero-order chi connectivity index (χ0) is 7.40. The summed E-state index contributed by atoms with van der Waals surface area (Å²) < 4.78 is 8.99. The number of nitrogens with zero attached hydrogens (tertiary/aromatic N) is 1. The van der Waals surface area contributed by atoms with Gasteiger partial charge in [-0.2, -0.15) is 0 Å². The van der Waals surface area contributed by atoms with Gasteiger partial charge in [0.25, 0.3) is 0 Å². The first-order valence-electron chi connectivity index (χ1n) is 3.83. The molecule has 0 aromatic heterocycles. The van der Waals surface area contributed by atoms with Crippen LogP contribution in [0.2, 0.25) is 0 Å². The van der Waals surface area contributed by atoms with Gasteiger partial charge in [0.15, 0.2) is 0 Å². The van der Waals surface area contributed by atoms with Gasteiger partial charge in [-0.1, -0.05) is 13.8 Å². The molecular weight excluding hydrogens is 126 g/mol. The van der Waals surface area contributed by atoms with Crippen molar-refractivity contribution < 1.29 is 4.74 Å². The molecular formula is C8H14NO+. The molecule has 0 bridgehead atoms. The summed E-state index contributed by atoms with van der Waals surface area (Å²) in [5.41, 5.74) is 0. The van der Waals surface area contributed by atoms with Crippen molar-refractivity contribution in [2.75, 3.05) is 6.61 Å².